The number of hydrogen-bond donors (Lipinski definition) is 0. The molecule has 26 heteroatoms. The first-order chi connectivity index (χ1) is 35.1. The molecule has 0 aromatic rings. The van der Waals surface area contributed by atoms with Crippen LogP contribution in [0.15, 0.2) is 0 Å². The molecule has 0 unspecified atom stereocenters. The topological polar surface area (TPSA) is 229 Å². The van der Waals surface area contributed by atoms with E-state index in [-0.39, 0.29) is 117 Å². The van der Waals surface area contributed by atoms with Gasteiger partial charge in [-0.2, -0.15) is 94.1 Å². The van der Waals surface area contributed by atoms with E-state index in [1.807, 2.05) is 50.0 Å². The van der Waals surface area contributed by atoms with Crippen molar-refractivity contribution in [3.8, 4) is 0 Å². The molecule has 0 spiro atoms. The first-order valence-corrected chi connectivity index (χ1v) is 34.5. The van der Waals surface area contributed by atoms with Crippen LogP contribution in [0.25, 0.3) is 0 Å². The number of ether oxygens (including phenoxy) is 10. The van der Waals surface area contributed by atoms with Crippen molar-refractivity contribution in [2.75, 3.05) is 175 Å². The van der Waals surface area contributed by atoms with Crippen molar-refractivity contribution >= 4 is 142 Å². The molecule has 0 fully saturated rings. The highest BCUT2D eigenvalue weighted by Crippen LogP contribution is 2.29. The highest BCUT2D eigenvalue weighted by molar-refractivity contribution is 8.00. The van der Waals surface area contributed by atoms with E-state index in [4.69, 9.17) is 47.4 Å². The Bertz CT molecular complexity index is 1350. The van der Waals surface area contributed by atoms with Gasteiger partial charge in [0.2, 0.25) is 0 Å². The molecule has 0 atom stereocenters. The summed E-state index contributed by atoms with van der Waals surface area (Å²) in [7, 11) is 0. The molecule has 0 aromatic heterocycles. The average molecular weight is 1190 g/mol. The van der Waals surface area contributed by atoms with Gasteiger partial charge in [-0.05, 0) is 50.0 Å². The second-order valence-corrected chi connectivity index (χ2v) is 24.6. The number of hydrogen-bond acceptors (Lipinski definition) is 26. The van der Waals surface area contributed by atoms with Crippen LogP contribution in [0.1, 0.15) is 51.4 Å². The molecule has 0 saturated heterocycles. The summed E-state index contributed by atoms with van der Waals surface area (Å²) >= 11 is 11.6. The number of carbonyl (C=O) groups excluding carboxylic acids is 8. The third-order valence-electron chi connectivity index (χ3n) is 10.0. The van der Waals surface area contributed by atoms with E-state index in [9.17, 15) is 38.4 Å². The second kappa shape index (κ2) is 45.5. The molecule has 0 saturated carbocycles. The molecule has 0 N–H and O–H groups in total. The van der Waals surface area contributed by atoms with Gasteiger partial charge < -0.3 is 47.4 Å². The summed E-state index contributed by atoms with van der Waals surface area (Å²) in [5.41, 5.74) is -4.41. The van der Waals surface area contributed by atoms with Crippen LogP contribution in [0, 0.1) is 16.2 Å². The van der Waals surface area contributed by atoms with Crippen LogP contribution >= 0.6 is 94.1 Å². The zero-order chi connectivity index (χ0) is 54.6. The highest BCUT2D eigenvalue weighted by Gasteiger charge is 2.42. The molecule has 424 valence electrons. The van der Waals surface area contributed by atoms with Gasteiger partial charge in [-0.15, -0.1) is 0 Å². The van der Waals surface area contributed by atoms with Crippen LogP contribution < -0.4 is 0 Å². The molecular formula is C47H80O18S8. The summed E-state index contributed by atoms with van der Waals surface area (Å²) in [4.78, 5) is 104. The monoisotopic (exact) mass is 1190 g/mol. The second-order valence-electron chi connectivity index (χ2n) is 16.7. The highest BCUT2D eigenvalue weighted by atomic mass is 32.2. The van der Waals surface area contributed by atoms with E-state index in [2.05, 4.69) is 0 Å². The molecule has 0 aliphatic rings. The van der Waals surface area contributed by atoms with E-state index >= 15 is 0 Å². The third-order valence-corrected chi connectivity index (χ3v) is 14.9. The zero-order valence-electron chi connectivity index (χ0n) is 43.9. The van der Waals surface area contributed by atoms with E-state index in [1.165, 1.54) is 94.1 Å². The first kappa shape index (κ1) is 71.5. The van der Waals surface area contributed by atoms with Crippen LogP contribution in [0.2, 0.25) is 0 Å². The van der Waals surface area contributed by atoms with Crippen LogP contribution in [0.5, 0.6) is 0 Å². The number of carbonyl (C=O) groups is 8. The third kappa shape index (κ3) is 37.0. The minimum Gasteiger partial charge on any atom is -0.465 e. The van der Waals surface area contributed by atoms with Gasteiger partial charge in [0.1, 0.15) is 52.9 Å². The standard InChI is InChI=1S/C47H80O18S8/c1-66-17-9-37(48)58-29-45(30-59-38(49)10-18-67-2,25-56-27-46(31-60-39(50)11-19-68-3,32-61-40(51)12-20-69-4)33-62-41(52)13-21-70-5)26-57-28-47(34-63-42(53)14-22-71-6,35-64-43(54)15-23-72-7)36-65-44(55)16-24-73-8/h9-36H2,1-8H3. The summed E-state index contributed by atoms with van der Waals surface area (Å²) in [5.74, 6) is -0.586. The maximum Gasteiger partial charge on any atom is 0.306 e. The number of thioether (sulfide) groups is 8. The lowest BCUT2D eigenvalue weighted by atomic mass is 9.89. The minimum absolute atomic E-state index is 0.0517. The van der Waals surface area contributed by atoms with Gasteiger partial charge >= 0.3 is 47.8 Å². The molecule has 0 amide bonds. The van der Waals surface area contributed by atoms with Gasteiger partial charge in [-0.1, -0.05) is 0 Å². The fraction of sp³-hybridized carbons (Fsp3) is 0.830. The lowest BCUT2D eigenvalue weighted by Crippen LogP contribution is -2.48. The van der Waals surface area contributed by atoms with Gasteiger partial charge in [0.25, 0.3) is 0 Å². The molecule has 0 rings (SSSR count). The van der Waals surface area contributed by atoms with Crippen LogP contribution in [0.4, 0.5) is 0 Å². The number of esters is 8. The summed E-state index contributed by atoms with van der Waals surface area (Å²) in [5, 5.41) is 0. The molecule has 0 aromatic carbocycles. The molecule has 0 bridgehead atoms. The van der Waals surface area contributed by atoms with Crippen molar-refractivity contribution in [1.29, 1.82) is 0 Å². The van der Waals surface area contributed by atoms with Crippen molar-refractivity contribution in [2.24, 2.45) is 16.2 Å². The predicted molar refractivity (Wildman–Crippen MR) is 301 cm³/mol. The molecule has 18 nitrogen and oxygen atoms in total. The Balaban J connectivity index is 7.61. The lowest BCUT2D eigenvalue weighted by molar-refractivity contribution is -0.177. The van der Waals surface area contributed by atoms with Crippen LogP contribution in [-0.2, 0) is 85.7 Å². The van der Waals surface area contributed by atoms with Gasteiger partial charge in [-0.25, -0.2) is 0 Å². The summed E-state index contributed by atoms with van der Waals surface area (Å²) in [6.45, 7) is -4.57. The molecule has 0 radical (unpaired) electrons. The van der Waals surface area contributed by atoms with Crippen LogP contribution in [-0.4, -0.2) is 223 Å². The van der Waals surface area contributed by atoms with E-state index in [0.717, 1.165) is 0 Å². The molecule has 73 heavy (non-hydrogen) atoms. The Morgan fingerprint density at radius 3 is 0.479 bits per heavy atom. The predicted octanol–water partition coefficient (Wildman–Crippen LogP) is 6.35. The Hall–Kier alpha value is -1.52. The summed E-state index contributed by atoms with van der Waals surface area (Å²) in [6.07, 6.45) is 15.3. The van der Waals surface area contributed by atoms with Crippen molar-refractivity contribution in [3.63, 3.8) is 0 Å². The Morgan fingerprint density at radius 2 is 0.356 bits per heavy atom. The molecule has 0 heterocycles. The van der Waals surface area contributed by atoms with E-state index in [0.29, 0.717) is 46.0 Å². The van der Waals surface area contributed by atoms with Gasteiger partial charge in [0, 0.05) is 46.0 Å². The maximum absolute atomic E-state index is 13.2. The summed E-state index contributed by atoms with van der Waals surface area (Å²) < 4.78 is 59.1. The van der Waals surface area contributed by atoms with E-state index in [1.54, 1.807) is 0 Å². The molecular weight excluding hydrogens is 1110 g/mol. The SMILES string of the molecule is CSCCC(=O)OCC(COCC(COC(=O)CCSC)(COC(=O)CCSC)COC(=O)CCSC)(COCC(COC(=O)CCSC)(COC(=O)CCSC)COC(=O)CCSC)COC(=O)CCSC. The van der Waals surface area contributed by atoms with Crippen molar-refractivity contribution in [3.05, 3.63) is 0 Å². The fourth-order valence-electron chi connectivity index (χ4n) is 5.65. The Labute approximate surface area is 467 Å². The normalized spacial score (nSPS) is 11.6. The minimum atomic E-state index is -1.50. The summed E-state index contributed by atoms with van der Waals surface area (Å²) in [6, 6.07) is 0. The van der Waals surface area contributed by atoms with Gasteiger partial charge in [-0.3, -0.25) is 38.4 Å². The average Bonchev–Trinajstić information content (AvgIpc) is 3.39. The quantitative estimate of drug-likeness (QED) is 0.0477. The lowest BCUT2D eigenvalue weighted by Gasteiger charge is -2.37. The fourth-order valence-corrected chi connectivity index (χ4v) is 8.61. The molecule has 0 aliphatic heterocycles. The number of rotatable bonds is 48. The smallest absolute Gasteiger partial charge is 0.306 e. The Morgan fingerprint density at radius 1 is 0.233 bits per heavy atom. The first-order valence-electron chi connectivity index (χ1n) is 23.4. The largest absolute Gasteiger partial charge is 0.465 e. The van der Waals surface area contributed by atoms with Crippen LogP contribution in [0.3, 0.4) is 0 Å². The Kier molecular flexibility index (Phi) is 44.5. The van der Waals surface area contributed by atoms with E-state index < -0.39 is 77.2 Å². The van der Waals surface area contributed by atoms with Gasteiger partial charge in [0.05, 0.1) is 94.0 Å². The zero-order valence-corrected chi connectivity index (χ0v) is 50.4. The maximum atomic E-state index is 13.2. The van der Waals surface area contributed by atoms with Crippen molar-refractivity contribution in [2.45, 2.75) is 51.4 Å². The van der Waals surface area contributed by atoms with Crippen molar-refractivity contribution in [1.82, 2.24) is 0 Å². The van der Waals surface area contributed by atoms with Crippen molar-refractivity contribution < 1.29 is 85.7 Å². The van der Waals surface area contributed by atoms with Gasteiger partial charge in [0.15, 0.2) is 0 Å². The molecule has 0 aliphatic carbocycles.